The molecule has 2 aliphatic heterocycles. The number of carbonyl (C=O) groups is 2. The number of fused-ring (bicyclic) bond motifs is 1. The first-order chi connectivity index (χ1) is 8.11. The van der Waals surface area contributed by atoms with Crippen molar-refractivity contribution in [2.24, 2.45) is 11.7 Å². The van der Waals surface area contributed by atoms with Crippen LogP contribution in [0.1, 0.15) is 12.8 Å². The van der Waals surface area contributed by atoms with Crippen molar-refractivity contribution < 1.29 is 19.8 Å². The molecule has 94 valence electrons. The van der Waals surface area contributed by atoms with Crippen molar-refractivity contribution in [3.05, 3.63) is 10.6 Å². The van der Waals surface area contributed by atoms with Crippen LogP contribution < -0.4 is 5.73 Å². The summed E-state index contributed by atoms with van der Waals surface area (Å²) in [6.07, 6.45) is 1.26. The molecule has 0 aromatic carbocycles. The molecule has 0 bridgehead atoms. The lowest BCUT2D eigenvalue weighted by Gasteiger charge is -2.41. The SMILES string of the molecule is NCCCC1=C(C(=O)O)N2C(=O)C(CO)[C@H]2S1. The van der Waals surface area contributed by atoms with Crippen LogP contribution in [0.4, 0.5) is 0 Å². The summed E-state index contributed by atoms with van der Waals surface area (Å²) in [6.45, 7) is 0.253. The minimum absolute atomic E-state index is 0.0724. The summed E-state index contributed by atoms with van der Waals surface area (Å²) in [5.41, 5.74) is 5.47. The van der Waals surface area contributed by atoms with Crippen LogP contribution in [0.5, 0.6) is 0 Å². The van der Waals surface area contributed by atoms with Gasteiger partial charge in [-0.1, -0.05) is 0 Å². The van der Waals surface area contributed by atoms with E-state index >= 15 is 0 Å². The Hall–Kier alpha value is -1.05. The Kier molecular flexibility index (Phi) is 3.41. The van der Waals surface area contributed by atoms with Crippen LogP contribution in [-0.4, -0.2) is 45.5 Å². The van der Waals surface area contributed by atoms with Gasteiger partial charge in [0.1, 0.15) is 11.1 Å². The predicted molar refractivity (Wildman–Crippen MR) is 61.8 cm³/mol. The number of carboxylic acid groups (broad SMARTS) is 1. The number of β-lactam (4-membered cyclic amide) rings is 1. The largest absolute Gasteiger partial charge is 0.477 e. The highest BCUT2D eigenvalue weighted by atomic mass is 32.2. The Balaban J connectivity index is 2.20. The molecule has 1 saturated heterocycles. The van der Waals surface area contributed by atoms with Crippen LogP contribution in [0.3, 0.4) is 0 Å². The normalized spacial score (nSPS) is 27.2. The van der Waals surface area contributed by atoms with Crippen LogP contribution in [0.2, 0.25) is 0 Å². The molecule has 2 heterocycles. The highest BCUT2D eigenvalue weighted by molar-refractivity contribution is 8.04. The molecule has 17 heavy (non-hydrogen) atoms. The molecule has 2 atom stereocenters. The van der Waals surface area contributed by atoms with Gasteiger partial charge >= 0.3 is 5.97 Å². The van der Waals surface area contributed by atoms with Crippen molar-refractivity contribution in [1.82, 2.24) is 4.90 Å². The fraction of sp³-hybridized carbons (Fsp3) is 0.600. The monoisotopic (exact) mass is 258 g/mol. The third-order valence-corrected chi connectivity index (χ3v) is 4.39. The highest BCUT2D eigenvalue weighted by Crippen LogP contribution is 2.50. The molecule has 4 N–H and O–H groups in total. The van der Waals surface area contributed by atoms with Gasteiger partial charge in [-0.2, -0.15) is 0 Å². The molecule has 0 saturated carbocycles. The average molecular weight is 258 g/mol. The van der Waals surface area contributed by atoms with Gasteiger partial charge in [-0.3, -0.25) is 9.69 Å². The van der Waals surface area contributed by atoms with E-state index in [-0.39, 0.29) is 23.6 Å². The van der Waals surface area contributed by atoms with E-state index in [0.717, 1.165) is 0 Å². The number of amides is 1. The van der Waals surface area contributed by atoms with Gasteiger partial charge in [0.25, 0.3) is 0 Å². The molecule has 2 rings (SSSR count). The molecule has 2 aliphatic rings. The fourth-order valence-corrected chi connectivity index (χ4v) is 3.59. The first kappa shape index (κ1) is 12.4. The molecular formula is C10H14N2O4S. The van der Waals surface area contributed by atoms with E-state index in [1.165, 1.54) is 16.7 Å². The molecule has 0 spiro atoms. The number of hydrogen-bond acceptors (Lipinski definition) is 5. The second-order valence-corrected chi connectivity index (χ2v) is 5.19. The van der Waals surface area contributed by atoms with Gasteiger partial charge in [0, 0.05) is 4.91 Å². The number of nitrogens with two attached hydrogens (primary N) is 1. The van der Waals surface area contributed by atoms with Gasteiger partial charge in [-0.05, 0) is 19.4 Å². The van der Waals surface area contributed by atoms with Gasteiger partial charge in [0.15, 0.2) is 0 Å². The minimum Gasteiger partial charge on any atom is -0.477 e. The van der Waals surface area contributed by atoms with Crippen LogP contribution in [-0.2, 0) is 9.59 Å². The predicted octanol–water partition coefficient (Wildman–Crippen LogP) is -0.455. The molecule has 0 aliphatic carbocycles. The molecule has 1 fully saturated rings. The Morgan fingerprint density at radius 2 is 2.24 bits per heavy atom. The quantitative estimate of drug-likeness (QED) is 0.577. The summed E-state index contributed by atoms with van der Waals surface area (Å²) in [5.74, 6) is -1.85. The van der Waals surface area contributed by atoms with Crippen molar-refractivity contribution in [1.29, 1.82) is 0 Å². The fourth-order valence-electron chi connectivity index (χ4n) is 2.06. The summed E-state index contributed by atoms with van der Waals surface area (Å²) in [4.78, 5) is 24.8. The number of nitrogens with zero attached hydrogens (tertiary/aromatic N) is 1. The Labute approximate surface area is 102 Å². The van der Waals surface area contributed by atoms with Gasteiger partial charge in [0.2, 0.25) is 5.91 Å². The summed E-state index contributed by atoms with van der Waals surface area (Å²) in [7, 11) is 0. The van der Waals surface area contributed by atoms with Crippen molar-refractivity contribution in [2.45, 2.75) is 18.2 Å². The van der Waals surface area contributed by atoms with Crippen LogP contribution >= 0.6 is 11.8 Å². The summed E-state index contributed by atoms with van der Waals surface area (Å²) in [6, 6.07) is 0. The summed E-state index contributed by atoms with van der Waals surface area (Å²) < 4.78 is 0. The third-order valence-electron chi connectivity index (χ3n) is 2.93. The van der Waals surface area contributed by atoms with Crippen LogP contribution in [0.25, 0.3) is 0 Å². The lowest BCUT2D eigenvalue weighted by molar-refractivity contribution is -0.153. The number of aliphatic hydroxyl groups is 1. The zero-order valence-corrected chi connectivity index (χ0v) is 9.94. The number of hydrogen-bond donors (Lipinski definition) is 3. The maximum atomic E-state index is 11.6. The minimum atomic E-state index is -1.09. The topological polar surface area (TPSA) is 104 Å². The highest BCUT2D eigenvalue weighted by Gasteiger charge is 2.55. The van der Waals surface area contributed by atoms with Crippen LogP contribution in [0.15, 0.2) is 10.6 Å². The van der Waals surface area contributed by atoms with Gasteiger partial charge in [-0.15, -0.1) is 11.8 Å². The van der Waals surface area contributed by atoms with Crippen molar-refractivity contribution in [3.63, 3.8) is 0 Å². The van der Waals surface area contributed by atoms with E-state index in [1.807, 2.05) is 0 Å². The molecular weight excluding hydrogens is 244 g/mol. The second-order valence-electron chi connectivity index (χ2n) is 3.97. The summed E-state index contributed by atoms with van der Waals surface area (Å²) >= 11 is 1.36. The van der Waals surface area contributed by atoms with Gasteiger partial charge < -0.3 is 15.9 Å². The average Bonchev–Trinajstić information content (AvgIpc) is 2.62. The second kappa shape index (κ2) is 4.67. The number of carboxylic acids is 1. The summed E-state index contributed by atoms with van der Waals surface area (Å²) in [5, 5.41) is 17.9. The van der Waals surface area contributed by atoms with Crippen molar-refractivity contribution in [2.75, 3.05) is 13.2 Å². The number of aliphatic carboxylic acids is 1. The maximum absolute atomic E-state index is 11.6. The first-order valence-electron chi connectivity index (χ1n) is 5.39. The molecule has 6 nitrogen and oxygen atoms in total. The van der Waals surface area contributed by atoms with E-state index in [9.17, 15) is 9.59 Å². The standard InChI is InChI=1S/C10H14N2O4S/c11-3-1-2-6-7(10(15)16)12-8(14)5(4-13)9(12)17-6/h5,9,13H,1-4,11H2,(H,15,16)/t5?,9-/m1/s1. The van der Waals surface area contributed by atoms with E-state index in [4.69, 9.17) is 15.9 Å². The lowest BCUT2D eigenvalue weighted by atomic mass is 9.98. The Morgan fingerprint density at radius 3 is 2.76 bits per heavy atom. The van der Waals surface area contributed by atoms with E-state index in [2.05, 4.69) is 0 Å². The molecule has 1 unspecified atom stereocenters. The lowest BCUT2D eigenvalue weighted by Crippen LogP contribution is -2.58. The molecule has 0 aromatic heterocycles. The number of rotatable bonds is 5. The number of thioether (sulfide) groups is 1. The van der Waals surface area contributed by atoms with Crippen molar-refractivity contribution >= 4 is 23.6 Å². The molecule has 0 radical (unpaired) electrons. The molecule has 0 aromatic rings. The number of allylic oxidation sites excluding steroid dienone is 1. The first-order valence-corrected chi connectivity index (χ1v) is 6.27. The number of carbonyl (C=O) groups excluding carboxylic acids is 1. The molecule has 7 heteroatoms. The van der Waals surface area contributed by atoms with E-state index < -0.39 is 11.9 Å². The van der Waals surface area contributed by atoms with Crippen LogP contribution in [0, 0.1) is 5.92 Å². The third kappa shape index (κ3) is 1.84. The van der Waals surface area contributed by atoms with Gasteiger partial charge in [0.05, 0.1) is 12.5 Å². The van der Waals surface area contributed by atoms with Crippen molar-refractivity contribution in [3.8, 4) is 0 Å². The smallest absolute Gasteiger partial charge is 0.353 e. The maximum Gasteiger partial charge on any atom is 0.353 e. The Bertz CT molecular complexity index is 396. The van der Waals surface area contributed by atoms with E-state index in [0.29, 0.717) is 24.3 Å². The molecule has 1 amide bonds. The Morgan fingerprint density at radius 1 is 1.53 bits per heavy atom. The number of aliphatic hydroxyl groups excluding tert-OH is 1. The zero-order valence-electron chi connectivity index (χ0n) is 9.13. The van der Waals surface area contributed by atoms with Gasteiger partial charge in [-0.25, -0.2) is 4.79 Å². The zero-order chi connectivity index (χ0) is 12.6. The van der Waals surface area contributed by atoms with E-state index in [1.54, 1.807) is 0 Å².